The van der Waals surface area contributed by atoms with E-state index in [0.29, 0.717) is 19.2 Å². The number of esters is 1. The molecule has 3 nitrogen and oxygen atoms in total. The molecule has 0 aliphatic heterocycles. The van der Waals surface area contributed by atoms with Crippen molar-refractivity contribution in [3.8, 4) is 0 Å². The maximum Gasteiger partial charge on any atom is 0.320 e. The highest BCUT2D eigenvalue weighted by molar-refractivity contribution is 7.16. The first-order valence-electron chi connectivity index (χ1n) is 4.87. The van der Waals surface area contributed by atoms with E-state index < -0.39 is 0 Å². The summed E-state index contributed by atoms with van der Waals surface area (Å²) in [6.45, 7) is 0.631. The van der Waals surface area contributed by atoms with Gasteiger partial charge in [-0.15, -0.1) is 11.3 Å². The van der Waals surface area contributed by atoms with Crippen LogP contribution in [0.5, 0.6) is 0 Å². The van der Waals surface area contributed by atoms with Crippen molar-refractivity contribution >= 4 is 28.9 Å². The molecule has 1 fully saturated rings. The van der Waals surface area contributed by atoms with E-state index in [9.17, 15) is 4.79 Å². The maximum atomic E-state index is 11.2. The molecule has 1 aliphatic carbocycles. The van der Waals surface area contributed by atoms with Crippen LogP contribution in [-0.2, 0) is 16.1 Å². The van der Waals surface area contributed by atoms with Crippen molar-refractivity contribution in [2.75, 3.05) is 6.54 Å². The van der Waals surface area contributed by atoms with Gasteiger partial charge < -0.3 is 10.1 Å². The lowest BCUT2D eigenvalue weighted by molar-refractivity contribution is -0.143. The third-order valence-corrected chi connectivity index (χ3v) is 3.32. The first-order valence-corrected chi connectivity index (χ1v) is 6.07. The van der Waals surface area contributed by atoms with Crippen molar-refractivity contribution < 1.29 is 9.53 Å². The average Bonchev–Trinajstić information content (AvgIpc) is 2.95. The van der Waals surface area contributed by atoms with Crippen LogP contribution in [0.4, 0.5) is 0 Å². The third kappa shape index (κ3) is 3.81. The fraction of sp³-hybridized carbons (Fsp3) is 0.500. The molecular weight excluding hydrogens is 234 g/mol. The fourth-order valence-corrected chi connectivity index (χ4v) is 2.15. The smallest absolute Gasteiger partial charge is 0.320 e. The van der Waals surface area contributed by atoms with Crippen LogP contribution in [0.1, 0.15) is 17.7 Å². The first-order chi connectivity index (χ1) is 7.24. The van der Waals surface area contributed by atoms with E-state index in [4.69, 9.17) is 16.3 Å². The molecule has 0 spiro atoms. The predicted octanol–water partition coefficient (Wildman–Crippen LogP) is 2.20. The van der Waals surface area contributed by atoms with Crippen molar-refractivity contribution in [3.05, 3.63) is 21.3 Å². The van der Waals surface area contributed by atoms with Crippen LogP contribution in [0.15, 0.2) is 12.1 Å². The minimum Gasteiger partial charge on any atom is -0.459 e. The SMILES string of the molecule is O=C(CNC1CC1)OCc1ccc(Cl)s1. The molecular formula is C10H12ClNO2S. The van der Waals surface area contributed by atoms with Gasteiger partial charge in [-0.1, -0.05) is 11.6 Å². The zero-order valence-electron chi connectivity index (χ0n) is 8.16. The lowest BCUT2D eigenvalue weighted by Crippen LogP contribution is -2.26. The molecule has 2 rings (SSSR count). The van der Waals surface area contributed by atoms with Crippen molar-refractivity contribution in [1.29, 1.82) is 0 Å². The number of hydrogen-bond acceptors (Lipinski definition) is 4. The van der Waals surface area contributed by atoms with Crippen LogP contribution in [0, 0.1) is 0 Å². The summed E-state index contributed by atoms with van der Waals surface area (Å²) in [4.78, 5) is 12.2. The Kier molecular flexibility index (Phi) is 3.61. The van der Waals surface area contributed by atoms with Gasteiger partial charge in [0.05, 0.1) is 10.9 Å². The number of carbonyl (C=O) groups excluding carboxylic acids is 1. The van der Waals surface area contributed by atoms with E-state index in [1.807, 2.05) is 6.07 Å². The van der Waals surface area contributed by atoms with E-state index in [1.165, 1.54) is 24.2 Å². The normalized spacial score (nSPS) is 15.3. The molecule has 0 radical (unpaired) electrons. The van der Waals surface area contributed by atoms with E-state index in [0.717, 1.165) is 9.21 Å². The molecule has 1 heterocycles. The van der Waals surface area contributed by atoms with Gasteiger partial charge in [-0.05, 0) is 25.0 Å². The number of halogens is 1. The van der Waals surface area contributed by atoms with Gasteiger partial charge in [0.2, 0.25) is 0 Å². The van der Waals surface area contributed by atoms with Crippen molar-refractivity contribution in [1.82, 2.24) is 5.32 Å². The molecule has 1 aliphatic rings. The van der Waals surface area contributed by atoms with E-state index >= 15 is 0 Å². The Labute approximate surface area is 97.4 Å². The van der Waals surface area contributed by atoms with Gasteiger partial charge in [0, 0.05) is 10.9 Å². The van der Waals surface area contributed by atoms with Crippen LogP contribution >= 0.6 is 22.9 Å². The summed E-state index contributed by atoms with van der Waals surface area (Å²) >= 11 is 7.19. The Morgan fingerprint density at radius 2 is 2.40 bits per heavy atom. The summed E-state index contributed by atoms with van der Waals surface area (Å²) < 4.78 is 5.79. The van der Waals surface area contributed by atoms with Crippen LogP contribution < -0.4 is 5.32 Å². The minimum absolute atomic E-state index is 0.202. The number of nitrogens with one attached hydrogen (secondary N) is 1. The van der Waals surface area contributed by atoms with Crippen molar-refractivity contribution in [2.45, 2.75) is 25.5 Å². The predicted molar refractivity (Wildman–Crippen MR) is 60.1 cm³/mol. The van der Waals surface area contributed by atoms with Crippen molar-refractivity contribution in [2.24, 2.45) is 0 Å². The number of thiophene rings is 1. The summed E-state index contributed by atoms with van der Waals surface area (Å²) in [5.74, 6) is -0.202. The van der Waals surface area contributed by atoms with E-state index in [1.54, 1.807) is 6.07 Å². The van der Waals surface area contributed by atoms with Gasteiger partial charge >= 0.3 is 5.97 Å². The molecule has 0 bridgehead atoms. The number of ether oxygens (including phenoxy) is 1. The summed E-state index contributed by atoms with van der Waals surface area (Å²) in [6, 6.07) is 4.21. The highest BCUT2D eigenvalue weighted by Crippen LogP contribution is 2.22. The molecule has 0 atom stereocenters. The summed E-state index contributed by atoms with van der Waals surface area (Å²) in [5, 5.41) is 3.10. The summed E-state index contributed by atoms with van der Waals surface area (Å²) in [6.07, 6.45) is 2.35. The molecule has 0 unspecified atom stereocenters. The lowest BCUT2D eigenvalue weighted by Gasteiger charge is -2.03. The van der Waals surface area contributed by atoms with Gasteiger partial charge in [-0.2, -0.15) is 0 Å². The summed E-state index contributed by atoms with van der Waals surface area (Å²) in [7, 11) is 0. The molecule has 1 aromatic rings. The minimum atomic E-state index is -0.202. The Bertz CT molecular complexity index is 349. The van der Waals surface area contributed by atoms with Gasteiger partial charge in [0.15, 0.2) is 0 Å². The maximum absolute atomic E-state index is 11.2. The van der Waals surface area contributed by atoms with E-state index in [-0.39, 0.29) is 5.97 Å². The molecule has 82 valence electrons. The van der Waals surface area contributed by atoms with Gasteiger partial charge in [0.25, 0.3) is 0 Å². The van der Waals surface area contributed by atoms with Crippen LogP contribution in [0.25, 0.3) is 0 Å². The molecule has 15 heavy (non-hydrogen) atoms. The molecule has 0 amide bonds. The topological polar surface area (TPSA) is 38.3 Å². The first kappa shape index (κ1) is 10.9. The standard InChI is InChI=1S/C10H12ClNO2S/c11-9-4-3-8(15-9)6-14-10(13)5-12-7-1-2-7/h3-4,7,12H,1-2,5-6H2. The number of hydrogen-bond donors (Lipinski definition) is 1. The van der Waals surface area contributed by atoms with Crippen LogP contribution in [-0.4, -0.2) is 18.6 Å². The Morgan fingerprint density at radius 1 is 1.60 bits per heavy atom. The van der Waals surface area contributed by atoms with Crippen LogP contribution in [0.3, 0.4) is 0 Å². The Hall–Kier alpha value is -0.580. The number of carbonyl (C=O) groups is 1. The lowest BCUT2D eigenvalue weighted by atomic mass is 10.5. The molecule has 5 heteroatoms. The monoisotopic (exact) mass is 245 g/mol. The quantitative estimate of drug-likeness (QED) is 0.809. The van der Waals surface area contributed by atoms with Gasteiger partial charge in [-0.25, -0.2) is 0 Å². The van der Waals surface area contributed by atoms with Crippen LogP contribution in [0.2, 0.25) is 4.34 Å². The second-order valence-corrected chi connectivity index (χ2v) is 5.32. The molecule has 1 N–H and O–H groups in total. The second kappa shape index (κ2) is 4.96. The number of rotatable bonds is 5. The van der Waals surface area contributed by atoms with Gasteiger partial charge in [-0.3, -0.25) is 4.79 Å². The fourth-order valence-electron chi connectivity index (χ4n) is 1.15. The van der Waals surface area contributed by atoms with Gasteiger partial charge in [0.1, 0.15) is 6.61 Å². The molecule has 1 saturated carbocycles. The average molecular weight is 246 g/mol. The molecule has 1 aromatic heterocycles. The highest BCUT2D eigenvalue weighted by atomic mass is 35.5. The second-order valence-electron chi connectivity index (χ2n) is 3.52. The summed E-state index contributed by atoms with van der Waals surface area (Å²) in [5.41, 5.74) is 0. The highest BCUT2D eigenvalue weighted by Gasteiger charge is 2.21. The zero-order valence-corrected chi connectivity index (χ0v) is 9.74. The van der Waals surface area contributed by atoms with E-state index in [2.05, 4.69) is 5.32 Å². The Balaban J connectivity index is 1.65. The molecule has 0 saturated heterocycles. The molecule has 0 aromatic carbocycles. The third-order valence-electron chi connectivity index (χ3n) is 2.12. The van der Waals surface area contributed by atoms with Crippen molar-refractivity contribution in [3.63, 3.8) is 0 Å². The largest absolute Gasteiger partial charge is 0.459 e. The Morgan fingerprint density at radius 3 is 3.00 bits per heavy atom. The zero-order chi connectivity index (χ0) is 10.7.